The van der Waals surface area contributed by atoms with Gasteiger partial charge in [-0.15, -0.1) is 0 Å². The van der Waals surface area contributed by atoms with Crippen molar-refractivity contribution in [2.24, 2.45) is 7.05 Å². The lowest BCUT2D eigenvalue weighted by Gasteiger charge is -2.23. The third-order valence-electron chi connectivity index (χ3n) is 5.59. The van der Waals surface area contributed by atoms with Gasteiger partial charge in [0.25, 0.3) is 5.56 Å². The number of cyclic esters (lactones) is 1. The van der Waals surface area contributed by atoms with Crippen LogP contribution in [0.5, 0.6) is 0 Å². The Kier molecular flexibility index (Phi) is 7.71. The van der Waals surface area contributed by atoms with Gasteiger partial charge in [0, 0.05) is 25.7 Å². The van der Waals surface area contributed by atoms with Gasteiger partial charge in [-0.05, 0) is 43.5 Å². The van der Waals surface area contributed by atoms with Gasteiger partial charge in [0.1, 0.15) is 6.10 Å². The number of hydrogen-bond donors (Lipinski definition) is 1. The second-order valence-electron chi connectivity index (χ2n) is 8.99. The fraction of sp³-hybridized carbons (Fsp3) is 0.333. The minimum Gasteiger partial charge on any atom is -0.444 e. The van der Waals surface area contributed by atoms with Gasteiger partial charge >= 0.3 is 6.09 Å². The summed E-state index contributed by atoms with van der Waals surface area (Å²) in [5.74, 6) is 0. The molecule has 0 spiro atoms. The quantitative estimate of drug-likeness (QED) is 0.610. The molecule has 1 N–H and O–H groups in total. The number of aryl methyl sites for hydroxylation is 1. The highest BCUT2D eigenvalue weighted by molar-refractivity contribution is 5.71. The molecule has 0 saturated carbocycles. The molecule has 1 aliphatic heterocycles. The number of aliphatic hydroxyl groups is 1. The minimum absolute atomic E-state index is 0.0531. The third-order valence-corrected chi connectivity index (χ3v) is 5.59. The van der Waals surface area contributed by atoms with Gasteiger partial charge in [0.15, 0.2) is 0 Å². The van der Waals surface area contributed by atoms with Gasteiger partial charge in [0.05, 0.1) is 18.2 Å². The number of benzene rings is 2. The maximum absolute atomic E-state index is 12.2. The molecule has 2 heterocycles. The molecule has 2 atom stereocenters. The molecule has 1 amide bonds. The van der Waals surface area contributed by atoms with E-state index >= 15 is 0 Å². The van der Waals surface area contributed by atoms with Crippen LogP contribution in [0.4, 0.5) is 4.79 Å². The number of rotatable bonds is 5. The molecular formula is C27H32N2O4. The number of pyridine rings is 1. The molecule has 0 bridgehead atoms. The van der Waals surface area contributed by atoms with E-state index in [1.54, 1.807) is 38.1 Å². The topological polar surface area (TPSA) is 71.8 Å². The molecule has 2 unspecified atom stereocenters. The number of aromatic nitrogens is 1. The van der Waals surface area contributed by atoms with Crippen LogP contribution in [-0.2, 0) is 11.8 Å². The Labute approximate surface area is 195 Å². The smallest absolute Gasteiger partial charge is 0.410 e. The zero-order valence-electron chi connectivity index (χ0n) is 19.6. The maximum Gasteiger partial charge on any atom is 0.410 e. The highest BCUT2D eigenvalue weighted by Crippen LogP contribution is 2.30. The Morgan fingerprint density at radius 2 is 1.58 bits per heavy atom. The van der Waals surface area contributed by atoms with Crippen LogP contribution in [0.25, 0.3) is 11.1 Å². The minimum atomic E-state index is -0.876. The molecule has 174 valence electrons. The number of ether oxygens (including phenoxy) is 1. The second-order valence-corrected chi connectivity index (χ2v) is 8.99. The molecule has 3 aromatic rings. The average Bonchev–Trinajstić information content (AvgIpc) is 3.15. The Hall–Kier alpha value is -3.38. The molecule has 2 aromatic carbocycles. The van der Waals surface area contributed by atoms with Crippen LogP contribution >= 0.6 is 0 Å². The summed E-state index contributed by atoms with van der Waals surface area (Å²) in [5.41, 5.74) is 1.88. The Balaban J connectivity index is 0.000000442. The zero-order chi connectivity index (χ0) is 24.0. The summed E-state index contributed by atoms with van der Waals surface area (Å²) in [6, 6.07) is 23.2. The van der Waals surface area contributed by atoms with E-state index in [9.17, 15) is 14.7 Å². The van der Waals surface area contributed by atoms with E-state index in [2.05, 4.69) is 0 Å². The molecule has 4 rings (SSSR count). The number of amides is 1. The highest BCUT2D eigenvalue weighted by atomic mass is 16.6. The molecular weight excluding hydrogens is 416 g/mol. The molecule has 6 heteroatoms. The highest BCUT2D eigenvalue weighted by Gasteiger charge is 2.37. The van der Waals surface area contributed by atoms with E-state index in [1.807, 2.05) is 73.7 Å². The third kappa shape index (κ3) is 6.80. The summed E-state index contributed by atoms with van der Waals surface area (Å²) < 4.78 is 6.93. The predicted octanol–water partition coefficient (Wildman–Crippen LogP) is 4.78. The standard InChI is InChI=1S/C21H26N2O4.C6H6/c1-14(23-13-18(27-20(23)25)12-21(2,3)26)15-5-7-16(8-6-15)17-9-10-22(4)19(24)11-17;1-2-4-6-5-3-1/h5-11,14,18,26H,12-13H2,1-4H3;1-6H. The van der Waals surface area contributed by atoms with Crippen molar-refractivity contribution >= 4 is 6.09 Å². The van der Waals surface area contributed by atoms with Crippen molar-refractivity contribution in [3.8, 4) is 11.1 Å². The van der Waals surface area contributed by atoms with Crippen LogP contribution < -0.4 is 5.56 Å². The molecule has 0 aliphatic carbocycles. The van der Waals surface area contributed by atoms with Crippen LogP contribution in [-0.4, -0.2) is 38.9 Å². The van der Waals surface area contributed by atoms with E-state index in [1.165, 1.54) is 4.57 Å². The lowest BCUT2D eigenvalue weighted by atomic mass is 9.99. The van der Waals surface area contributed by atoms with E-state index in [0.717, 1.165) is 16.7 Å². The van der Waals surface area contributed by atoms with Gasteiger partial charge in [-0.1, -0.05) is 60.7 Å². The number of nitrogens with zero attached hydrogens (tertiary/aromatic N) is 2. The normalized spacial score (nSPS) is 16.6. The fourth-order valence-electron chi connectivity index (χ4n) is 3.77. The van der Waals surface area contributed by atoms with Gasteiger partial charge in [-0.25, -0.2) is 4.79 Å². The van der Waals surface area contributed by atoms with Crippen molar-refractivity contribution < 1.29 is 14.6 Å². The first-order valence-corrected chi connectivity index (χ1v) is 11.1. The fourth-order valence-corrected chi connectivity index (χ4v) is 3.77. The molecule has 1 fully saturated rings. The van der Waals surface area contributed by atoms with Crippen LogP contribution in [0, 0.1) is 0 Å². The van der Waals surface area contributed by atoms with Crippen LogP contribution in [0.2, 0.25) is 0 Å². The number of carbonyl (C=O) groups is 1. The maximum atomic E-state index is 12.2. The Morgan fingerprint density at radius 3 is 2.09 bits per heavy atom. The van der Waals surface area contributed by atoms with Crippen LogP contribution in [0.1, 0.15) is 38.8 Å². The van der Waals surface area contributed by atoms with Crippen LogP contribution in [0.3, 0.4) is 0 Å². The monoisotopic (exact) mass is 448 g/mol. The van der Waals surface area contributed by atoms with E-state index in [-0.39, 0.29) is 23.8 Å². The summed E-state index contributed by atoms with van der Waals surface area (Å²) in [5, 5.41) is 9.95. The molecule has 33 heavy (non-hydrogen) atoms. The Bertz CT molecular complexity index is 1070. The molecule has 0 radical (unpaired) electrons. The molecule has 1 saturated heterocycles. The van der Waals surface area contributed by atoms with Crippen molar-refractivity contribution in [3.63, 3.8) is 0 Å². The molecule has 1 aromatic heterocycles. The van der Waals surface area contributed by atoms with Gasteiger partial charge in [-0.2, -0.15) is 0 Å². The zero-order valence-corrected chi connectivity index (χ0v) is 19.6. The summed E-state index contributed by atoms with van der Waals surface area (Å²) in [4.78, 5) is 25.7. The summed E-state index contributed by atoms with van der Waals surface area (Å²) in [6.07, 6.45) is 1.49. The SMILES string of the molecule is CC(c1ccc(-c2ccn(C)c(=O)c2)cc1)N1CC(CC(C)(C)O)OC1=O.c1ccccc1. The first-order valence-electron chi connectivity index (χ1n) is 11.1. The number of hydrogen-bond acceptors (Lipinski definition) is 4. The van der Waals surface area contributed by atoms with E-state index in [0.29, 0.717) is 13.0 Å². The van der Waals surface area contributed by atoms with E-state index in [4.69, 9.17) is 4.74 Å². The van der Waals surface area contributed by atoms with Crippen molar-refractivity contribution in [2.45, 2.75) is 44.9 Å². The van der Waals surface area contributed by atoms with Gasteiger partial charge in [0.2, 0.25) is 0 Å². The first kappa shape index (κ1) is 24.3. The molecule has 1 aliphatic rings. The van der Waals surface area contributed by atoms with Crippen molar-refractivity contribution in [3.05, 3.63) is 94.9 Å². The lowest BCUT2D eigenvalue weighted by molar-refractivity contribution is 0.0260. The predicted molar refractivity (Wildman–Crippen MR) is 130 cm³/mol. The first-order chi connectivity index (χ1) is 15.6. The van der Waals surface area contributed by atoms with Crippen LogP contribution in [0.15, 0.2) is 83.8 Å². The summed E-state index contributed by atoms with van der Waals surface area (Å²) in [7, 11) is 1.72. The van der Waals surface area contributed by atoms with Crippen molar-refractivity contribution in [1.82, 2.24) is 9.47 Å². The second kappa shape index (κ2) is 10.5. The Morgan fingerprint density at radius 1 is 1.00 bits per heavy atom. The average molecular weight is 449 g/mol. The van der Waals surface area contributed by atoms with Crippen molar-refractivity contribution in [2.75, 3.05) is 6.54 Å². The van der Waals surface area contributed by atoms with Gasteiger partial charge in [-0.3, -0.25) is 9.69 Å². The lowest BCUT2D eigenvalue weighted by Crippen LogP contribution is -2.31. The van der Waals surface area contributed by atoms with Gasteiger partial charge < -0.3 is 14.4 Å². The van der Waals surface area contributed by atoms with Crippen molar-refractivity contribution in [1.29, 1.82) is 0 Å². The summed E-state index contributed by atoms with van der Waals surface area (Å²) >= 11 is 0. The largest absolute Gasteiger partial charge is 0.444 e. The summed E-state index contributed by atoms with van der Waals surface area (Å²) in [6.45, 7) is 5.84. The molecule has 6 nitrogen and oxygen atoms in total. The van der Waals surface area contributed by atoms with E-state index < -0.39 is 5.60 Å². The number of carbonyl (C=O) groups excluding carboxylic acids is 1.